The molecule has 0 amide bonds. The Balaban J connectivity index is 1.63. The monoisotopic (exact) mass is 325 g/mol. The normalized spacial score (nSPS) is 20.3. The lowest BCUT2D eigenvalue weighted by atomic mass is 10.1. The number of hydrogen-bond donors (Lipinski definition) is 1. The zero-order valence-corrected chi connectivity index (χ0v) is 13.4. The summed E-state index contributed by atoms with van der Waals surface area (Å²) in [7, 11) is 2.96. The van der Waals surface area contributed by atoms with Crippen LogP contribution in [0, 0.1) is 5.92 Å². The average Bonchev–Trinajstić information content (AvgIpc) is 3.02. The third-order valence-corrected chi connectivity index (χ3v) is 3.55. The van der Waals surface area contributed by atoms with Crippen LogP contribution in [0.5, 0.6) is 11.5 Å². The molecular formula is C16H23NO6. The molecule has 1 aromatic rings. The molecule has 23 heavy (non-hydrogen) atoms. The molecule has 0 saturated carbocycles. The molecule has 1 saturated heterocycles. The van der Waals surface area contributed by atoms with Crippen molar-refractivity contribution in [3.63, 3.8) is 0 Å². The number of rotatable bonds is 8. The van der Waals surface area contributed by atoms with Crippen molar-refractivity contribution in [3.8, 4) is 11.5 Å². The maximum absolute atomic E-state index is 11.4. The molecule has 0 aliphatic carbocycles. The Morgan fingerprint density at radius 2 is 2.04 bits per heavy atom. The summed E-state index contributed by atoms with van der Waals surface area (Å²) in [5.41, 5.74) is 6.33. The Bertz CT molecular complexity index is 521. The number of nitrogen functional groups attached to an aromatic ring is 1. The van der Waals surface area contributed by atoms with Gasteiger partial charge >= 0.3 is 5.97 Å². The van der Waals surface area contributed by atoms with Gasteiger partial charge in [-0.3, -0.25) is 4.79 Å². The van der Waals surface area contributed by atoms with Gasteiger partial charge in [-0.05, 0) is 6.42 Å². The fraction of sp³-hybridized carbons (Fsp3) is 0.562. The van der Waals surface area contributed by atoms with Gasteiger partial charge in [-0.15, -0.1) is 0 Å². The molecule has 2 unspecified atom stereocenters. The quantitative estimate of drug-likeness (QED) is 0.437. The number of esters is 1. The van der Waals surface area contributed by atoms with Gasteiger partial charge in [0.05, 0.1) is 46.1 Å². The van der Waals surface area contributed by atoms with E-state index in [1.165, 1.54) is 7.11 Å². The molecule has 1 aromatic carbocycles. The summed E-state index contributed by atoms with van der Waals surface area (Å²) < 4.78 is 26.4. The van der Waals surface area contributed by atoms with Crippen LogP contribution >= 0.6 is 0 Å². The molecule has 2 atom stereocenters. The van der Waals surface area contributed by atoms with E-state index in [1.807, 2.05) is 0 Å². The van der Waals surface area contributed by atoms with Crippen LogP contribution in [0.25, 0.3) is 0 Å². The lowest BCUT2D eigenvalue weighted by molar-refractivity contribution is -0.145. The molecule has 1 heterocycles. The Labute approximate surface area is 135 Å². The van der Waals surface area contributed by atoms with Gasteiger partial charge in [0.25, 0.3) is 0 Å². The Morgan fingerprint density at radius 3 is 2.78 bits per heavy atom. The number of hydrogen-bond acceptors (Lipinski definition) is 7. The zero-order chi connectivity index (χ0) is 16.7. The van der Waals surface area contributed by atoms with E-state index in [2.05, 4.69) is 0 Å². The van der Waals surface area contributed by atoms with Crippen LogP contribution in [0.2, 0.25) is 0 Å². The molecule has 1 aliphatic rings. The van der Waals surface area contributed by atoms with E-state index in [4.69, 9.17) is 29.4 Å². The van der Waals surface area contributed by atoms with Crippen molar-refractivity contribution in [3.05, 3.63) is 18.2 Å². The van der Waals surface area contributed by atoms with Crippen molar-refractivity contribution in [2.75, 3.05) is 46.4 Å². The molecule has 7 nitrogen and oxygen atoms in total. The van der Waals surface area contributed by atoms with Crippen molar-refractivity contribution in [1.82, 2.24) is 0 Å². The maximum Gasteiger partial charge on any atom is 0.311 e. The summed E-state index contributed by atoms with van der Waals surface area (Å²) >= 11 is 0. The summed E-state index contributed by atoms with van der Waals surface area (Å²) in [6.07, 6.45) is 0.548. The van der Waals surface area contributed by atoms with E-state index < -0.39 is 0 Å². The molecule has 1 fully saturated rings. The number of carbonyl (C=O) groups is 1. The molecule has 2 rings (SSSR count). The minimum Gasteiger partial charge on any atom is -0.497 e. The largest absolute Gasteiger partial charge is 0.497 e. The molecule has 0 spiro atoms. The fourth-order valence-electron chi connectivity index (χ4n) is 2.38. The minimum absolute atomic E-state index is 0.0773. The summed E-state index contributed by atoms with van der Waals surface area (Å²) in [5.74, 6) is 0.860. The smallest absolute Gasteiger partial charge is 0.311 e. The first kappa shape index (κ1) is 17.4. The highest BCUT2D eigenvalue weighted by Gasteiger charge is 2.31. The van der Waals surface area contributed by atoms with Gasteiger partial charge in [-0.1, -0.05) is 0 Å². The second kappa shape index (κ2) is 8.59. The van der Waals surface area contributed by atoms with Gasteiger partial charge in [0.15, 0.2) is 0 Å². The second-order valence-electron chi connectivity index (χ2n) is 5.28. The zero-order valence-electron chi connectivity index (χ0n) is 13.4. The molecular weight excluding hydrogens is 302 g/mol. The lowest BCUT2D eigenvalue weighted by Crippen LogP contribution is -2.19. The van der Waals surface area contributed by atoms with Gasteiger partial charge in [0, 0.05) is 23.9 Å². The summed E-state index contributed by atoms with van der Waals surface area (Å²) in [5, 5.41) is 0. The summed E-state index contributed by atoms with van der Waals surface area (Å²) in [6.45, 7) is 1.62. The molecule has 128 valence electrons. The van der Waals surface area contributed by atoms with Gasteiger partial charge < -0.3 is 29.4 Å². The van der Waals surface area contributed by atoms with Crippen molar-refractivity contribution < 1.29 is 28.5 Å². The highest BCUT2D eigenvalue weighted by molar-refractivity contribution is 5.72. The Hall–Kier alpha value is -1.99. The van der Waals surface area contributed by atoms with Crippen LogP contribution in [0.4, 0.5) is 5.69 Å². The number of ether oxygens (including phenoxy) is 5. The Kier molecular flexibility index (Phi) is 6.49. The van der Waals surface area contributed by atoms with Crippen LogP contribution in [0.15, 0.2) is 18.2 Å². The van der Waals surface area contributed by atoms with E-state index in [0.29, 0.717) is 50.0 Å². The molecule has 0 radical (unpaired) electrons. The van der Waals surface area contributed by atoms with Gasteiger partial charge in [0.2, 0.25) is 0 Å². The Morgan fingerprint density at radius 1 is 1.26 bits per heavy atom. The number of anilines is 1. The topological polar surface area (TPSA) is 89.2 Å². The van der Waals surface area contributed by atoms with E-state index in [9.17, 15) is 4.79 Å². The minimum atomic E-state index is -0.230. The molecule has 2 N–H and O–H groups in total. The van der Waals surface area contributed by atoms with Crippen LogP contribution in [0.3, 0.4) is 0 Å². The van der Waals surface area contributed by atoms with Crippen LogP contribution < -0.4 is 15.2 Å². The summed E-state index contributed by atoms with van der Waals surface area (Å²) in [6, 6.07) is 5.21. The van der Waals surface area contributed by atoms with Crippen molar-refractivity contribution in [2.45, 2.75) is 12.5 Å². The first-order chi connectivity index (χ1) is 11.1. The maximum atomic E-state index is 11.4. The molecule has 7 heteroatoms. The van der Waals surface area contributed by atoms with Gasteiger partial charge in [-0.2, -0.15) is 0 Å². The van der Waals surface area contributed by atoms with Crippen LogP contribution in [0.1, 0.15) is 6.42 Å². The van der Waals surface area contributed by atoms with Crippen molar-refractivity contribution >= 4 is 11.7 Å². The van der Waals surface area contributed by atoms with Crippen LogP contribution in [-0.2, 0) is 19.0 Å². The number of nitrogens with two attached hydrogens (primary N) is 1. The predicted molar refractivity (Wildman–Crippen MR) is 83.6 cm³/mol. The van der Waals surface area contributed by atoms with Crippen molar-refractivity contribution in [2.24, 2.45) is 5.92 Å². The standard InChI is InChI=1S/C16H23NO6/c1-19-13-6-12(17)7-14(8-13)22-4-3-21-10-15-5-11(9-23-15)16(18)20-2/h6-8,11,15H,3-5,9-10,17H2,1-2H3. The fourth-order valence-corrected chi connectivity index (χ4v) is 2.38. The second-order valence-corrected chi connectivity index (χ2v) is 5.28. The van der Waals surface area contributed by atoms with Gasteiger partial charge in [0.1, 0.15) is 18.1 Å². The molecule has 1 aliphatic heterocycles. The first-order valence-electron chi connectivity index (χ1n) is 7.47. The average molecular weight is 325 g/mol. The van der Waals surface area contributed by atoms with Gasteiger partial charge in [-0.25, -0.2) is 0 Å². The lowest BCUT2D eigenvalue weighted by Gasteiger charge is -2.12. The third-order valence-electron chi connectivity index (χ3n) is 3.55. The number of benzene rings is 1. The predicted octanol–water partition coefficient (Wildman–Crippen LogP) is 1.25. The van der Waals surface area contributed by atoms with E-state index in [-0.39, 0.29) is 18.0 Å². The highest BCUT2D eigenvalue weighted by atomic mass is 16.6. The third kappa shape index (κ3) is 5.30. The van der Waals surface area contributed by atoms with E-state index >= 15 is 0 Å². The molecule has 0 aromatic heterocycles. The first-order valence-corrected chi connectivity index (χ1v) is 7.47. The number of methoxy groups -OCH3 is 2. The van der Waals surface area contributed by atoms with E-state index in [0.717, 1.165) is 0 Å². The van der Waals surface area contributed by atoms with Crippen molar-refractivity contribution in [1.29, 1.82) is 0 Å². The SMILES string of the molecule is COC(=O)C1COC(COCCOc2cc(N)cc(OC)c2)C1. The highest BCUT2D eigenvalue weighted by Crippen LogP contribution is 2.24. The summed E-state index contributed by atoms with van der Waals surface area (Å²) in [4.78, 5) is 11.4. The van der Waals surface area contributed by atoms with E-state index in [1.54, 1.807) is 25.3 Å². The number of carbonyl (C=O) groups excluding carboxylic acids is 1. The van der Waals surface area contributed by atoms with Crippen LogP contribution in [-0.4, -0.2) is 52.7 Å². The molecule has 0 bridgehead atoms.